The molecule has 0 aliphatic heterocycles. The maximum absolute atomic E-state index is 11.9. The molecule has 1 rings (SSSR count). The van der Waals surface area contributed by atoms with Crippen LogP contribution in [0.5, 0.6) is 0 Å². The summed E-state index contributed by atoms with van der Waals surface area (Å²) in [6.45, 7) is 4.14. The van der Waals surface area contributed by atoms with Gasteiger partial charge in [0.25, 0.3) is 5.91 Å². The van der Waals surface area contributed by atoms with E-state index in [-0.39, 0.29) is 22.3 Å². The first kappa shape index (κ1) is 14.3. The molecule has 1 atom stereocenters. The number of carbonyl (C=O) groups is 1. The SMILES string of the molecule is CCCC(CC)NC(=O)c1cc(Cl)nc(Cl)c1. The minimum atomic E-state index is -0.156. The molecule has 94 valence electrons. The molecule has 1 heterocycles. The smallest absolute Gasteiger partial charge is 0.251 e. The molecule has 0 fully saturated rings. The highest BCUT2D eigenvalue weighted by atomic mass is 35.5. The van der Waals surface area contributed by atoms with E-state index in [1.54, 1.807) is 0 Å². The standard InChI is InChI=1S/C12H16Cl2N2O/c1-3-5-9(4-2)15-12(17)8-6-10(13)16-11(14)7-8/h6-7,9H,3-5H2,1-2H3,(H,15,17). The Morgan fingerprint density at radius 1 is 1.35 bits per heavy atom. The fraction of sp³-hybridized carbons (Fsp3) is 0.500. The van der Waals surface area contributed by atoms with Crippen molar-refractivity contribution in [2.24, 2.45) is 0 Å². The molecule has 1 aromatic heterocycles. The Bertz CT molecular complexity index is 376. The van der Waals surface area contributed by atoms with Crippen molar-refractivity contribution in [3.63, 3.8) is 0 Å². The largest absolute Gasteiger partial charge is 0.349 e. The molecule has 1 aromatic rings. The second kappa shape index (κ2) is 6.82. The number of carbonyl (C=O) groups excluding carboxylic acids is 1. The van der Waals surface area contributed by atoms with Crippen molar-refractivity contribution in [3.8, 4) is 0 Å². The summed E-state index contributed by atoms with van der Waals surface area (Å²) < 4.78 is 0. The molecule has 1 amide bonds. The number of aromatic nitrogens is 1. The summed E-state index contributed by atoms with van der Waals surface area (Å²) in [5, 5.41) is 3.41. The molecule has 5 heteroatoms. The predicted molar refractivity (Wildman–Crippen MR) is 70.7 cm³/mol. The summed E-state index contributed by atoms with van der Waals surface area (Å²) in [6, 6.07) is 3.22. The van der Waals surface area contributed by atoms with E-state index >= 15 is 0 Å². The molecular formula is C12H16Cl2N2O. The summed E-state index contributed by atoms with van der Waals surface area (Å²) in [4.78, 5) is 15.7. The van der Waals surface area contributed by atoms with Crippen LogP contribution in [0.1, 0.15) is 43.5 Å². The molecular weight excluding hydrogens is 259 g/mol. The molecule has 0 aliphatic rings. The number of rotatable bonds is 5. The molecule has 0 aromatic carbocycles. The Morgan fingerprint density at radius 3 is 2.41 bits per heavy atom. The third-order valence-electron chi connectivity index (χ3n) is 2.49. The van der Waals surface area contributed by atoms with Gasteiger partial charge in [-0.25, -0.2) is 4.98 Å². The van der Waals surface area contributed by atoms with Gasteiger partial charge in [0.1, 0.15) is 10.3 Å². The molecule has 0 aliphatic carbocycles. The van der Waals surface area contributed by atoms with Crippen molar-refractivity contribution in [3.05, 3.63) is 28.0 Å². The summed E-state index contributed by atoms with van der Waals surface area (Å²) >= 11 is 11.5. The minimum Gasteiger partial charge on any atom is -0.349 e. The van der Waals surface area contributed by atoms with E-state index in [2.05, 4.69) is 17.2 Å². The van der Waals surface area contributed by atoms with Crippen molar-refractivity contribution in [2.75, 3.05) is 0 Å². The number of hydrogen-bond acceptors (Lipinski definition) is 2. The van der Waals surface area contributed by atoms with Gasteiger partial charge in [-0.15, -0.1) is 0 Å². The maximum Gasteiger partial charge on any atom is 0.251 e. The first-order chi connectivity index (χ1) is 8.06. The van der Waals surface area contributed by atoms with Crippen molar-refractivity contribution < 1.29 is 4.79 Å². The zero-order valence-corrected chi connectivity index (χ0v) is 11.5. The summed E-state index contributed by atoms with van der Waals surface area (Å²) in [5.41, 5.74) is 0.449. The fourth-order valence-corrected chi connectivity index (χ4v) is 2.05. The third-order valence-corrected chi connectivity index (χ3v) is 2.88. The van der Waals surface area contributed by atoms with Crippen LogP contribution in [0, 0.1) is 0 Å². The monoisotopic (exact) mass is 274 g/mol. The topological polar surface area (TPSA) is 42.0 Å². The van der Waals surface area contributed by atoms with Crippen LogP contribution in [-0.2, 0) is 0 Å². The summed E-state index contributed by atoms with van der Waals surface area (Å²) in [7, 11) is 0. The Kier molecular flexibility index (Phi) is 5.72. The first-order valence-corrected chi connectivity index (χ1v) is 6.46. The van der Waals surface area contributed by atoms with Crippen LogP contribution in [0.4, 0.5) is 0 Å². The van der Waals surface area contributed by atoms with E-state index in [9.17, 15) is 4.79 Å². The van der Waals surface area contributed by atoms with E-state index in [0.717, 1.165) is 19.3 Å². The van der Waals surface area contributed by atoms with Gasteiger partial charge in [-0.3, -0.25) is 4.79 Å². The fourth-order valence-electron chi connectivity index (χ4n) is 1.59. The van der Waals surface area contributed by atoms with Gasteiger partial charge in [0.05, 0.1) is 0 Å². The number of pyridine rings is 1. The minimum absolute atomic E-state index is 0.156. The van der Waals surface area contributed by atoms with Crippen molar-refractivity contribution in [1.82, 2.24) is 10.3 Å². The van der Waals surface area contributed by atoms with Crippen LogP contribution in [0.2, 0.25) is 10.3 Å². The van der Waals surface area contributed by atoms with Crippen LogP contribution < -0.4 is 5.32 Å². The van der Waals surface area contributed by atoms with Gasteiger partial charge in [-0.1, -0.05) is 43.5 Å². The average Bonchev–Trinajstić information content (AvgIpc) is 2.27. The Morgan fingerprint density at radius 2 is 1.94 bits per heavy atom. The first-order valence-electron chi connectivity index (χ1n) is 5.70. The lowest BCUT2D eigenvalue weighted by Gasteiger charge is -2.16. The van der Waals surface area contributed by atoms with E-state index in [1.807, 2.05) is 6.92 Å². The summed E-state index contributed by atoms with van der Waals surface area (Å²) in [6.07, 6.45) is 2.91. The van der Waals surface area contributed by atoms with Gasteiger partial charge in [-0.05, 0) is 25.0 Å². The Hall–Kier alpha value is -0.800. The Labute approximate surface area is 112 Å². The van der Waals surface area contributed by atoms with Crippen LogP contribution >= 0.6 is 23.2 Å². The molecule has 0 radical (unpaired) electrons. The highest BCUT2D eigenvalue weighted by Crippen LogP contribution is 2.15. The van der Waals surface area contributed by atoms with Crippen molar-refractivity contribution in [1.29, 1.82) is 0 Å². The Balaban J connectivity index is 2.75. The lowest BCUT2D eigenvalue weighted by molar-refractivity contribution is 0.0933. The zero-order valence-electron chi connectivity index (χ0n) is 9.96. The highest BCUT2D eigenvalue weighted by Gasteiger charge is 2.12. The van der Waals surface area contributed by atoms with E-state index in [0.29, 0.717) is 5.56 Å². The molecule has 0 spiro atoms. The van der Waals surface area contributed by atoms with Gasteiger partial charge in [-0.2, -0.15) is 0 Å². The van der Waals surface area contributed by atoms with Gasteiger partial charge in [0.2, 0.25) is 0 Å². The number of hydrogen-bond donors (Lipinski definition) is 1. The number of nitrogens with zero attached hydrogens (tertiary/aromatic N) is 1. The van der Waals surface area contributed by atoms with Crippen molar-refractivity contribution in [2.45, 2.75) is 39.2 Å². The number of nitrogens with one attached hydrogen (secondary N) is 1. The van der Waals surface area contributed by atoms with Gasteiger partial charge in [0, 0.05) is 11.6 Å². The van der Waals surface area contributed by atoms with E-state index < -0.39 is 0 Å². The van der Waals surface area contributed by atoms with Crippen LogP contribution in [0.15, 0.2) is 12.1 Å². The number of halogens is 2. The van der Waals surface area contributed by atoms with Crippen LogP contribution in [0.3, 0.4) is 0 Å². The van der Waals surface area contributed by atoms with E-state index in [4.69, 9.17) is 23.2 Å². The third kappa shape index (κ3) is 4.52. The molecule has 1 N–H and O–H groups in total. The molecule has 1 unspecified atom stereocenters. The molecule has 0 saturated heterocycles. The average molecular weight is 275 g/mol. The van der Waals surface area contributed by atoms with Gasteiger partial charge >= 0.3 is 0 Å². The molecule has 17 heavy (non-hydrogen) atoms. The zero-order chi connectivity index (χ0) is 12.8. The van der Waals surface area contributed by atoms with Gasteiger partial charge in [0.15, 0.2) is 0 Å². The lowest BCUT2D eigenvalue weighted by atomic mass is 10.1. The lowest BCUT2D eigenvalue weighted by Crippen LogP contribution is -2.34. The predicted octanol–water partition coefficient (Wildman–Crippen LogP) is 3.70. The van der Waals surface area contributed by atoms with Crippen LogP contribution in [-0.4, -0.2) is 16.9 Å². The maximum atomic E-state index is 11.9. The normalized spacial score (nSPS) is 12.2. The molecule has 0 saturated carbocycles. The molecule has 3 nitrogen and oxygen atoms in total. The summed E-state index contributed by atoms with van der Waals surface area (Å²) in [5.74, 6) is -0.156. The second-order valence-corrected chi connectivity index (χ2v) is 4.64. The molecule has 0 bridgehead atoms. The second-order valence-electron chi connectivity index (χ2n) is 3.87. The van der Waals surface area contributed by atoms with E-state index in [1.165, 1.54) is 12.1 Å². The highest BCUT2D eigenvalue weighted by molar-refractivity contribution is 6.33. The van der Waals surface area contributed by atoms with Crippen molar-refractivity contribution >= 4 is 29.1 Å². The van der Waals surface area contributed by atoms with Crippen LogP contribution in [0.25, 0.3) is 0 Å². The number of amides is 1. The quantitative estimate of drug-likeness (QED) is 0.832. The van der Waals surface area contributed by atoms with Gasteiger partial charge < -0.3 is 5.32 Å².